The lowest BCUT2D eigenvalue weighted by Crippen LogP contribution is -2.18. The summed E-state index contributed by atoms with van der Waals surface area (Å²) in [6.45, 7) is 12.7. The highest BCUT2D eigenvalue weighted by Crippen LogP contribution is 2.43. The Morgan fingerprint density at radius 1 is 0.862 bits per heavy atom. The Morgan fingerprint density at radius 3 is 1.66 bits per heavy atom. The van der Waals surface area contributed by atoms with Crippen molar-refractivity contribution in [3.05, 3.63) is 89.0 Å². The van der Waals surface area contributed by atoms with E-state index in [1.807, 2.05) is 30.3 Å². The molecule has 2 aromatic rings. The molecule has 0 fully saturated rings. The largest absolute Gasteiger partial charge is 0.497 e. The van der Waals surface area contributed by atoms with Crippen LogP contribution in [-0.4, -0.2) is 25.5 Å². The van der Waals surface area contributed by atoms with Crippen LogP contribution >= 0.6 is 0 Å². The molecule has 3 rings (SSSR count). The van der Waals surface area contributed by atoms with Gasteiger partial charge in [0.05, 0.1) is 25.5 Å². The number of aliphatic imine (C=N–C) groups is 1. The Balaban J connectivity index is 2.37. The monoisotopic (exact) mass is 387 g/mol. The van der Waals surface area contributed by atoms with Crippen molar-refractivity contribution in [1.29, 1.82) is 0 Å². The summed E-state index contributed by atoms with van der Waals surface area (Å²) in [7, 11) is 3.36. The maximum absolute atomic E-state index is 5.36. The number of rotatable bonds is 5. The zero-order valence-corrected chi connectivity index (χ0v) is 18.2. The van der Waals surface area contributed by atoms with E-state index in [-0.39, 0.29) is 5.54 Å². The van der Waals surface area contributed by atoms with Crippen molar-refractivity contribution in [2.24, 2.45) is 4.99 Å². The number of benzene rings is 2. The Labute approximate surface area is 174 Å². The van der Waals surface area contributed by atoms with Gasteiger partial charge in [0, 0.05) is 5.57 Å². The standard InChI is InChI=1S/C26H29NO2/c1-8-22-24(25(17(2)3)26(4,5)27-22)23(18-9-13-20(28-6)14-10-18)19-11-15-21(29-7)16-12-19/h8-16H,1H2,2-7H3. The van der Waals surface area contributed by atoms with Gasteiger partial charge in [-0.15, -0.1) is 0 Å². The molecule has 2 aromatic carbocycles. The maximum atomic E-state index is 5.36. The minimum atomic E-state index is -0.304. The van der Waals surface area contributed by atoms with Crippen molar-refractivity contribution >= 4 is 11.3 Å². The second kappa shape index (κ2) is 8.12. The van der Waals surface area contributed by atoms with Crippen molar-refractivity contribution < 1.29 is 9.47 Å². The fourth-order valence-electron chi connectivity index (χ4n) is 4.08. The van der Waals surface area contributed by atoms with E-state index in [0.717, 1.165) is 39.5 Å². The summed E-state index contributed by atoms with van der Waals surface area (Å²) < 4.78 is 10.7. The molecule has 3 heteroatoms. The molecule has 0 aromatic heterocycles. The third-order valence-corrected chi connectivity index (χ3v) is 5.22. The van der Waals surface area contributed by atoms with Crippen LogP contribution in [0.4, 0.5) is 0 Å². The Morgan fingerprint density at radius 2 is 1.31 bits per heavy atom. The molecule has 0 radical (unpaired) electrons. The van der Waals surface area contributed by atoms with E-state index in [2.05, 4.69) is 58.5 Å². The number of nitrogens with zero attached hydrogens (tertiary/aromatic N) is 1. The molecule has 0 aliphatic carbocycles. The van der Waals surface area contributed by atoms with Gasteiger partial charge in [0.2, 0.25) is 0 Å². The number of hydrogen-bond donors (Lipinski definition) is 0. The summed E-state index contributed by atoms with van der Waals surface area (Å²) in [4.78, 5) is 5.00. The molecule has 0 spiro atoms. The molecule has 29 heavy (non-hydrogen) atoms. The van der Waals surface area contributed by atoms with Crippen LogP contribution in [0.2, 0.25) is 0 Å². The van der Waals surface area contributed by atoms with Crippen LogP contribution in [0.15, 0.2) is 82.9 Å². The molecule has 0 N–H and O–H groups in total. The van der Waals surface area contributed by atoms with Gasteiger partial charge in [-0.1, -0.05) is 36.4 Å². The number of hydrogen-bond acceptors (Lipinski definition) is 3. The SMILES string of the molecule is C=CC1=NC(C)(C)C(=C(C)C)C1=C(c1ccc(OC)cc1)c1ccc(OC)cc1. The molecule has 1 aliphatic heterocycles. The van der Waals surface area contributed by atoms with Crippen LogP contribution in [-0.2, 0) is 0 Å². The minimum Gasteiger partial charge on any atom is -0.497 e. The van der Waals surface area contributed by atoms with Gasteiger partial charge in [-0.25, -0.2) is 0 Å². The molecule has 0 saturated carbocycles. The molecule has 3 nitrogen and oxygen atoms in total. The van der Waals surface area contributed by atoms with E-state index in [9.17, 15) is 0 Å². The lowest BCUT2D eigenvalue weighted by molar-refractivity contribution is 0.414. The van der Waals surface area contributed by atoms with Crippen molar-refractivity contribution in [1.82, 2.24) is 0 Å². The zero-order chi connectivity index (χ0) is 21.2. The smallest absolute Gasteiger partial charge is 0.118 e. The highest BCUT2D eigenvalue weighted by atomic mass is 16.5. The van der Waals surface area contributed by atoms with Crippen molar-refractivity contribution in [2.75, 3.05) is 14.2 Å². The lowest BCUT2D eigenvalue weighted by atomic mass is 9.81. The van der Waals surface area contributed by atoms with Gasteiger partial charge >= 0.3 is 0 Å². The quantitative estimate of drug-likeness (QED) is 0.606. The minimum absolute atomic E-state index is 0.304. The fourth-order valence-corrected chi connectivity index (χ4v) is 4.08. The molecule has 150 valence electrons. The van der Waals surface area contributed by atoms with Crippen LogP contribution in [0.3, 0.4) is 0 Å². The van der Waals surface area contributed by atoms with Gasteiger partial charge in [-0.05, 0) is 80.3 Å². The molecular weight excluding hydrogens is 358 g/mol. The first-order chi connectivity index (χ1) is 13.8. The molecule has 0 amide bonds. The molecule has 0 unspecified atom stereocenters. The number of methoxy groups -OCH3 is 2. The molecular formula is C26H29NO2. The maximum Gasteiger partial charge on any atom is 0.118 e. The van der Waals surface area contributed by atoms with Crippen LogP contribution < -0.4 is 9.47 Å². The van der Waals surface area contributed by atoms with Crippen LogP contribution in [0.25, 0.3) is 5.57 Å². The van der Waals surface area contributed by atoms with E-state index < -0.39 is 0 Å². The van der Waals surface area contributed by atoms with E-state index in [1.165, 1.54) is 11.1 Å². The summed E-state index contributed by atoms with van der Waals surface area (Å²) in [5, 5.41) is 0. The second-order valence-electron chi connectivity index (χ2n) is 7.84. The summed E-state index contributed by atoms with van der Waals surface area (Å²) in [6.07, 6.45) is 1.86. The highest BCUT2D eigenvalue weighted by Gasteiger charge is 2.36. The van der Waals surface area contributed by atoms with Crippen LogP contribution in [0, 0.1) is 0 Å². The normalized spacial score (nSPS) is 15.0. The van der Waals surface area contributed by atoms with Gasteiger partial charge in [-0.3, -0.25) is 4.99 Å². The van der Waals surface area contributed by atoms with Gasteiger partial charge in [0.25, 0.3) is 0 Å². The first-order valence-electron chi connectivity index (χ1n) is 9.76. The Kier molecular flexibility index (Phi) is 5.78. The average molecular weight is 388 g/mol. The summed E-state index contributed by atoms with van der Waals surface area (Å²) in [6, 6.07) is 16.4. The topological polar surface area (TPSA) is 30.8 Å². The van der Waals surface area contributed by atoms with E-state index in [4.69, 9.17) is 14.5 Å². The van der Waals surface area contributed by atoms with Crippen LogP contribution in [0.5, 0.6) is 11.5 Å². The summed E-state index contributed by atoms with van der Waals surface area (Å²) in [5.41, 5.74) is 7.61. The lowest BCUT2D eigenvalue weighted by Gasteiger charge is -2.22. The predicted octanol–water partition coefficient (Wildman–Crippen LogP) is 6.26. The predicted molar refractivity (Wildman–Crippen MR) is 122 cm³/mol. The van der Waals surface area contributed by atoms with Gasteiger partial charge in [0.1, 0.15) is 11.5 Å². The third-order valence-electron chi connectivity index (χ3n) is 5.22. The second-order valence-corrected chi connectivity index (χ2v) is 7.84. The summed E-state index contributed by atoms with van der Waals surface area (Å²) >= 11 is 0. The fraction of sp³-hybridized carbons (Fsp3) is 0.269. The molecule has 0 saturated heterocycles. The molecule has 0 bridgehead atoms. The number of ether oxygens (including phenoxy) is 2. The van der Waals surface area contributed by atoms with Gasteiger partial charge < -0.3 is 9.47 Å². The van der Waals surface area contributed by atoms with E-state index in [0.29, 0.717) is 0 Å². The Hall–Kier alpha value is -3.07. The van der Waals surface area contributed by atoms with Crippen molar-refractivity contribution in [2.45, 2.75) is 33.2 Å². The first kappa shape index (κ1) is 20.7. The Bertz CT molecular complexity index is 950. The highest BCUT2D eigenvalue weighted by molar-refractivity contribution is 6.20. The van der Waals surface area contributed by atoms with E-state index in [1.54, 1.807) is 14.2 Å². The number of allylic oxidation sites excluding steroid dienone is 2. The van der Waals surface area contributed by atoms with Crippen molar-refractivity contribution in [3.8, 4) is 11.5 Å². The zero-order valence-electron chi connectivity index (χ0n) is 18.2. The molecule has 0 atom stereocenters. The van der Waals surface area contributed by atoms with Crippen molar-refractivity contribution in [3.63, 3.8) is 0 Å². The summed E-state index contributed by atoms with van der Waals surface area (Å²) in [5.74, 6) is 1.67. The van der Waals surface area contributed by atoms with Crippen LogP contribution in [0.1, 0.15) is 38.8 Å². The average Bonchev–Trinajstić information content (AvgIpc) is 2.99. The third kappa shape index (κ3) is 3.91. The van der Waals surface area contributed by atoms with Gasteiger partial charge in [0.15, 0.2) is 0 Å². The van der Waals surface area contributed by atoms with E-state index >= 15 is 0 Å². The first-order valence-corrected chi connectivity index (χ1v) is 9.76. The molecule has 1 heterocycles. The van der Waals surface area contributed by atoms with Gasteiger partial charge in [-0.2, -0.15) is 0 Å². The molecule has 1 aliphatic rings.